The summed E-state index contributed by atoms with van der Waals surface area (Å²) in [6.07, 6.45) is 4.24. The molecule has 0 aliphatic carbocycles. The highest BCUT2D eigenvalue weighted by atomic mass is 16.5. The van der Waals surface area contributed by atoms with Gasteiger partial charge in [-0.25, -0.2) is 0 Å². The quantitative estimate of drug-likeness (QED) is 0.321. The van der Waals surface area contributed by atoms with Gasteiger partial charge in [-0.15, -0.1) is 0 Å². The molecular weight excluding hydrogens is 426 g/mol. The molecule has 2 aromatic carbocycles. The summed E-state index contributed by atoms with van der Waals surface area (Å²) in [5, 5.41) is 4.11. The lowest BCUT2D eigenvalue weighted by Crippen LogP contribution is -2.34. The van der Waals surface area contributed by atoms with Crippen LogP contribution in [0.2, 0.25) is 0 Å². The van der Waals surface area contributed by atoms with Crippen LogP contribution in [0.5, 0.6) is 11.6 Å². The topological polar surface area (TPSA) is 95.3 Å². The minimum atomic E-state index is 0.459. The van der Waals surface area contributed by atoms with Gasteiger partial charge in [-0.1, -0.05) is 13.0 Å². The number of likely N-dealkylation sites (N-methyl/N-ethyl adjacent to an activating group) is 1. The molecule has 1 atom stereocenters. The maximum Gasteiger partial charge on any atom is 0.233 e. The van der Waals surface area contributed by atoms with E-state index in [-0.39, 0.29) is 0 Å². The summed E-state index contributed by atoms with van der Waals surface area (Å²) in [7, 11) is 2.19. The lowest BCUT2D eigenvalue weighted by molar-refractivity contribution is 0.334. The van der Waals surface area contributed by atoms with Crippen molar-refractivity contribution in [3.8, 4) is 11.6 Å². The van der Waals surface area contributed by atoms with Crippen LogP contribution < -0.4 is 20.7 Å². The molecule has 0 spiro atoms. The van der Waals surface area contributed by atoms with Crippen LogP contribution in [-0.2, 0) is 0 Å². The zero-order valence-corrected chi connectivity index (χ0v) is 19.7. The van der Waals surface area contributed by atoms with Crippen LogP contribution in [0.25, 0.3) is 11.0 Å². The minimum absolute atomic E-state index is 0.459. The van der Waals surface area contributed by atoms with E-state index in [1.807, 2.05) is 30.5 Å². The highest BCUT2D eigenvalue weighted by molar-refractivity contribution is 5.82. The Balaban J connectivity index is 1.31. The van der Waals surface area contributed by atoms with Crippen molar-refractivity contribution in [2.24, 2.45) is 0 Å². The molecule has 0 unspecified atom stereocenters. The number of aromatic amines is 1. The molecule has 1 aliphatic rings. The Kier molecular flexibility index (Phi) is 6.22. The van der Waals surface area contributed by atoms with Gasteiger partial charge in [0, 0.05) is 55.5 Å². The van der Waals surface area contributed by atoms with Gasteiger partial charge in [0.1, 0.15) is 11.4 Å². The Morgan fingerprint density at radius 3 is 2.82 bits per heavy atom. The van der Waals surface area contributed by atoms with Crippen LogP contribution in [0, 0.1) is 0 Å². The van der Waals surface area contributed by atoms with E-state index in [1.54, 1.807) is 6.07 Å². The number of anilines is 4. The van der Waals surface area contributed by atoms with Crippen LogP contribution in [-0.4, -0.2) is 52.6 Å². The molecule has 8 nitrogen and oxygen atoms in total. The Bertz CT molecular complexity index is 1250. The normalized spacial score (nSPS) is 16.1. The summed E-state index contributed by atoms with van der Waals surface area (Å²) in [6, 6.07) is 18.2. The predicted molar refractivity (Wildman–Crippen MR) is 138 cm³/mol. The molecule has 1 fully saturated rings. The molecule has 5 rings (SSSR count). The SMILES string of the molecule is CCCN1CC[C@@H](N(C)c2ccc(Nc3nc(Oc4cccc(N)c4)c4cc[nH]c4n3)cc2)C1. The summed E-state index contributed by atoms with van der Waals surface area (Å²) in [4.78, 5) is 17.3. The van der Waals surface area contributed by atoms with Gasteiger partial charge in [0.2, 0.25) is 11.8 Å². The molecule has 2 aromatic heterocycles. The number of ether oxygens (including phenoxy) is 1. The lowest BCUT2D eigenvalue weighted by atomic mass is 10.2. The number of nitrogen functional groups attached to an aromatic ring is 1. The second kappa shape index (κ2) is 9.61. The number of hydrogen-bond acceptors (Lipinski definition) is 7. The van der Waals surface area contributed by atoms with E-state index >= 15 is 0 Å². The van der Waals surface area contributed by atoms with E-state index in [0.29, 0.717) is 35.0 Å². The maximum atomic E-state index is 6.04. The van der Waals surface area contributed by atoms with Crippen molar-refractivity contribution in [2.75, 3.05) is 42.6 Å². The Morgan fingerprint density at radius 2 is 2.03 bits per heavy atom. The third kappa shape index (κ3) is 4.77. The van der Waals surface area contributed by atoms with Crippen LogP contribution in [0.3, 0.4) is 0 Å². The van der Waals surface area contributed by atoms with E-state index in [4.69, 9.17) is 10.5 Å². The fourth-order valence-corrected chi connectivity index (χ4v) is 4.50. The second-order valence-corrected chi connectivity index (χ2v) is 8.79. The van der Waals surface area contributed by atoms with Crippen LogP contribution in [0.1, 0.15) is 19.8 Å². The molecule has 1 saturated heterocycles. The number of fused-ring (bicyclic) bond motifs is 1. The summed E-state index contributed by atoms with van der Waals surface area (Å²) in [5.41, 5.74) is 9.35. The van der Waals surface area contributed by atoms with E-state index in [2.05, 4.69) is 68.3 Å². The van der Waals surface area contributed by atoms with Gasteiger partial charge < -0.3 is 30.6 Å². The first-order chi connectivity index (χ1) is 16.6. The molecule has 8 heteroatoms. The Labute approximate surface area is 199 Å². The summed E-state index contributed by atoms with van der Waals surface area (Å²) in [6.45, 7) is 5.74. The van der Waals surface area contributed by atoms with E-state index in [9.17, 15) is 0 Å². The highest BCUT2D eigenvalue weighted by Gasteiger charge is 2.25. The standard InChI is InChI=1S/C26H31N7O/c1-3-14-33-15-12-21(17-33)32(2)20-9-7-19(8-10-20)29-26-30-24-23(11-13-28-24)25(31-26)34-22-6-4-5-18(27)16-22/h4-11,13,16,21H,3,12,14-15,17,27H2,1-2H3,(H2,28,29,30,31)/t21-/m1/s1. The molecular formula is C26H31N7O. The number of H-pyrrole nitrogens is 1. The summed E-state index contributed by atoms with van der Waals surface area (Å²) in [5.74, 6) is 1.55. The number of aromatic nitrogens is 3. The summed E-state index contributed by atoms with van der Waals surface area (Å²) < 4.78 is 6.04. The molecule has 176 valence electrons. The lowest BCUT2D eigenvalue weighted by Gasteiger charge is -2.27. The first-order valence-electron chi connectivity index (χ1n) is 11.8. The average molecular weight is 458 g/mol. The van der Waals surface area contributed by atoms with Gasteiger partial charge in [0.15, 0.2) is 0 Å². The van der Waals surface area contributed by atoms with Gasteiger partial charge in [-0.05, 0) is 61.9 Å². The monoisotopic (exact) mass is 457 g/mol. The smallest absolute Gasteiger partial charge is 0.233 e. The average Bonchev–Trinajstić information content (AvgIpc) is 3.49. The van der Waals surface area contributed by atoms with Crippen LogP contribution in [0.15, 0.2) is 60.8 Å². The van der Waals surface area contributed by atoms with Gasteiger partial charge in [0.25, 0.3) is 0 Å². The molecule has 0 saturated carbocycles. The number of nitrogens with two attached hydrogens (primary N) is 1. The van der Waals surface area contributed by atoms with Gasteiger partial charge in [-0.2, -0.15) is 9.97 Å². The fourth-order valence-electron chi connectivity index (χ4n) is 4.50. The minimum Gasteiger partial charge on any atom is -0.438 e. The van der Waals surface area contributed by atoms with Crippen molar-refractivity contribution in [3.05, 3.63) is 60.8 Å². The van der Waals surface area contributed by atoms with Crippen molar-refractivity contribution in [1.29, 1.82) is 0 Å². The van der Waals surface area contributed by atoms with Crippen molar-refractivity contribution in [2.45, 2.75) is 25.8 Å². The summed E-state index contributed by atoms with van der Waals surface area (Å²) >= 11 is 0. The molecule has 1 aliphatic heterocycles. The molecule has 34 heavy (non-hydrogen) atoms. The number of likely N-dealkylation sites (tertiary alicyclic amines) is 1. The third-order valence-electron chi connectivity index (χ3n) is 6.32. The van der Waals surface area contributed by atoms with Gasteiger partial charge >= 0.3 is 0 Å². The maximum absolute atomic E-state index is 6.04. The van der Waals surface area contributed by atoms with Crippen molar-refractivity contribution >= 4 is 34.0 Å². The van der Waals surface area contributed by atoms with Crippen molar-refractivity contribution < 1.29 is 4.74 Å². The third-order valence-corrected chi connectivity index (χ3v) is 6.32. The zero-order chi connectivity index (χ0) is 23.5. The largest absolute Gasteiger partial charge is 0.438 e. The van der Waals surface area contributed by atoms with E-state index in [1.165, 1.54) is 31.6 Å². The molecule has 0 amide bonds. The van der Waals surface area contributed by atoms with E-state index in [0.717, 1.165) is 17.6 Å². The van der Waals surface area contributed by atoms with Gasteiger partial charge in [0.05, 0.1) is 5.39 Å². The van der Waals surface area contributed by atoms with Crippen LogP contribution in [0.4, 0.5) is 23.0 Å². The van der Waals surface area contributed by atoms with Crippen LogP contribution >= 0.6 is 0 Å². The highest BCUT2D eigenvalue weighted by Crippen LogP contribution is 2.30. The predicted octanol–water partition coefficient (Wildman–Crippen LogP) is 5.00. The van der Waals surface area contributed by atoms with Crippen molar-refractivity contribution in [1.82, 2.24) is 19.9 Å². The Hall–Kier alpha value is -3.78. The number of hydrogen-bond donors (Lipinski definition) is 3. The van der Waals surface area contributed by atoms with Gasteiger partial charge in [-0.3, -0.25) is 0 Å². The molecule has 0 radical (unpaired) electrons. The fraction of sp³-hybridized carbons (Fsp3) is 0.308. The first-order valence-corrected chi connectivity index (χ1v) is 11.8. The number of nitrogens with one attached hydrogen (secondary N) is 2. The van der Waals surface area contributed by atoms with E-state index < -0.39 is 0 Å². The molecule has 3 heterocycles. The number of nitrogens with zero attached hydrogens (tertiary/aromatic N) is 4. The molecule has 4 aromatic rings. The Morgan fingerprint density at radius 1 is 1.18 bits per heavy atom. The second-order valence-electron chi connectivity index (χ2n) is 8.79. The first kappa shape index (κ1) is 22.0. The number of rotatable bonds is 8. The molecule has 0 bridgehead atoms. The molecule has 4 N–H and O–H groups in total. The van der Waals surface area contributed by atoms with Crippen molar-refractivity contribution in [3.63, 3.8) is 0 Å². The zero-order valence-electron chi connectivity index (χ0n) is 19.7. The number of benzene rings is 2.